The maximum Gasteiger partial charge on any atom is 0.344 e. The highest BCUT2D eigenvalue weighted by Crippen LogP contribution is 2.15. The molecule has 0 radical (unpaired) electrons. The topological polar surface area (TPSA) is 59.3 Å². The summed E-state index contributed by atoms with van der Waals surface area (Å²) in [6.45, 7) is 1.67. The molecule has 1 aromatic rings. The number of hydrogen-bond donors (Lipinski definition) is 0. The zero-order chi connectivity index (χ0) is 12.0. The number of ether oxygens (including phenoxy) is 2. The van der Waals surface area contributed by atoms with Gasteiger partial charge in [0, 0.05) is 6.07 Å². The lowest BCUT2D eigenvalue weighted by Gasteiger charge is -2.05. The standard InChI is InChI=1S/C11H10FNO3/c1-2-15-11(14)7-16-9-4-3-8(6-13)10(12)5-9/h3-5H,2,7H2,1H3. The minimum absolute atomic E-state index is 0.0662. The van der Waals surface area contributed by atoms with Crippen molar-refractivity contribution < 1.29 is 18.7 Å². The van der Waals surface area contributed by atoms with Crippen molar-refractivity contribution in [3.63, 3.8) is 0 Å². The van der Waals surface area contributed by atoms with Crippen molar-refractivity contribution in [3.8, 4) is 11.8 Å². The van der Waals surface area contributed by atoms with Crippen molar-refractivity contribution in [1.29, 1.82) is 5.26 Å². The molecule has 0 saturated heterocycles. The fourth-order valence-corrected chi connectivity index (χ4v) is 1.02. The van der Waals surface area contributed by atoms with Crippen LogP contribution in [0.4, 0.5) is 4.39 Å². The maximum atomic E-state index is 13.1. The van der Waals surface area contributed by atoms with Crippen LogP contribution in [-0.4, -0.2) is 19.2 Å². The summed E-state index contributed by atoms with van der Waals surface area (Å²) in [4.78, 5) is 10.9. The molecule has 84 valence electrons. The normalized spacial score (nSPS) is 9.31. The van der Waals surface area contributed by atoms with Crippen molar-refractivity contribution in [2.75, 3.05) is 13.2 Å². The number of benzene rings is 1. The number of carbonyl (C=O) groups excluding carboxylic acids is 1. The Morgan fingerprint density at radius 2 is 2.31 bits per heavy atom. The van der Waals surface area contributed by atoms with Gasteiger partial charge in [-0.1, -0.05) is 0 Å². The smallest absolute Gasteiger partial charge is 0.344 e. The molecule has 4 nitrogen and oxygen atoms in total. The fourth-order valence-electron chi connectivity index (χ4n) is 1.02. The Balaban J connectivity index is 2.59. The first-order chi connectivity index (χ1) is 7.67. The fraction of sp³-hybridized carbons (Fsp3) is 0.273. The predicted molar refractivity (Wildman–Crippen MR) is 53.2 cm³/mol. The molecular formula is C11H10FNO3. The number of rotatable bonds is 4. The third-order valence-corrected chi connectivity index (χ3v) is 1.72. The van der Waals surface area contributed by atoms with E-state index in [0.29, 0.717) is 0 Å². The van der Waals surface area contributed by atoms with Gasteiger partial charge in [-0.2, -0.15) is 5.26 Å². The lowest BCUT2D eigenvalue weighted by Crippen LogP contribution is -2.14. The van der Waals surface area contributed by atoms with Crippen LogP contribution in [0.2, 0.25) is 0 Å². The Bertz CT molecular complexity index is 426. The summed E-state index contributed by atoms with van der Waals surface area (Å²) < 4.78 is 22.7. The zero-order valence-corrected chi connectivity index (χ0v) is 8.70. The van der Waals surface area contributed by atoms with Crippen LogP contribution in [0, 0.1) is 17.1 Å². The highest BCUT2D eigenvalue weighted by atomic mass is 19.1. The number of halogens is 1. The Kier molecular flexibility index (Phi) is 4.28. The van der Waals surface area contributed by atoms with E-state index < -0.39 is 11.8 Å². The molecule has 0 bridgehead atoms. The van der Waals surface area contributed by atoms with Crippen LogP contribution in [-0.2, 0) is 9.53 Å². The van der Waals surface area contributed by atoms with Gasteiger partial charge in [0.05, 0.1) is 12.2 Å². The van der Waals surface area contributed by atoms with Crippen LogP contribution >= 0.6 is 0 Å². The summed E-state index contributed by atoms with van der Waals surface area (Å²) in [7, 11) is 0. The van der Waals surface area contributed by atoms with Gasteiger partial charge in [0.25, 0.3) is 0 Å². The largest absolute Gasteiger partial charge is 0.482 e. The Labute approximate surface area is 92.2 Å². The first-order valence-electron chi connectivity index (χ1n) is 4.65. The lowest BCUT2D eigenvalue weighted by atomic mass is 10.2. The summed E-state index contributed by atoms with van der Waals surface area (Å²) in [6.07, 6.45) is 0. The van der Waals surface area contributed by atoms with Crippen molar-refractivity contribution >= 4 is 5.97 Å². The first-order valence-corrected chi connectivity index (χ1v) is 4.65. The number of nitriles is 1. The number of hydrogen-bond acceptors (Lipinski definition) is 4. The van der Waals surface area contributed by atoms with Crippen LogP contribution < -0.4 is 4.74 Å². The second-order valence-corrected chi connectivity index (χ2v) is 2.85. The second-order valence-electron chi connectivity index (χ2n) is 2.85. The van der Waals surface area contributed by atoms with Gasteiger partial charge in [-0.3, -0.25) is 0 Å². The quantitative estimate of drug-likeness (QED) is 0.728. The highest BCUT2D eigenvalue weighted by Gasteiger charge is 2.06. The molecule has 0 spiro atoms. The zero-order valence-electron chi connectivity index (χ0n) is 8.70. The Hall–Kier alpha value is -2.09. The minimum atomic E-state index is -0.677. The van der Waals surface area contributed by atoms with E-state index in [1.54, 1.807) is 13.0 Å². The molecule has 0 aliphatic rings. The van der Waals surface area contributed by atoms with Crippen LogP contribution in [0.1, 0.15) is 12.5 Å². The first kappa shape index (κ1) is 12.0. The van der Waals surface area contributed by atoms with E-state index in [4.69, 9.17) is 10.00 Å². The van der Waals surface area contributed by atoms with Crippen LogP contribution in [0.3, 0.4) is 0 Å². The van der Waals surface area contributed by atoms with E-state index in [9.17, 15) is 9.18 Å². The van der Waals surface area contributed by atoms with Gasteiger partial charge in [-0.15, -0.1) is 0 Å². The average molecular weight is 223 g/mol. The molecule has 5 heteroatoms. The molecule has 16 heavy (non-hydrogen) atoms. The molecule has 0 amide bonds. The molecule has 0 aromatic heterocycles. The van der Waals surface area contributed by atoms with Crippen molar-refractivity contribution in [1.82, 2.24) is 0 Å². The number of carbonyl (C=O) groups is 1. The van der Waals surface area contributed by atoms with Gasteiger partial charge in [0.1, 0.15) is 17.6 Å². The van der Waals surface area contributed by atoms with E-state index in [0.717, 1.165) is 6.07 Å². The van der Waals surface area contributed by atoms with E-state index in [-0.39, 0.29) is 24.5 Å². The molecule has 0 fully saturated rings. The summed E-state index contributed by atoms with van der Waals surface area (Å²) in [6, 6.07) is 5.44. The SMILES string of the molecule is CCOC(=O)COc1ccc(C#N)c(F)c1. The van der Waals surface area contributed by atoms with Gasteiger partial charge < -0.3 is 9.47 Å². The van der Waals surface area contributed by atoms with Gasteiger partial charge in [-0.25, -0.2) is 9.18 Å². The highest BCUT2D eigenvalue weighted by molar-refractivity contribution is 5.71. The predicted octanol–water partition coefficient (Wildman–Crippen LogP) is 1.64. The summed E-state index contributed by atoms with van der Waals surface area (Å²) in [5, 5.41) is 8.49. The monoisotopic (exact) mass is 223 g/mol. The molecule has 0 atom stereocenters. The maximum absolute atomic E-state index is 13.1. The van der Waals surface area contributed by atoms with E-state index >= 15 is 0 Å². The lowest BCUT2D eigenvalue weighted by molar-refractivity contribution is -0.145. The van der Waals surface area contributed by atoms with E-state index in [1.165, 1.54) is 12.1 Å². The van der Waals surface area contributed by atoms with Gasteiger partial charge >= 0.3 is 5.97 Å². The number of nitrogens with zero attached hydrogens (tertiary/aromatic N) is 1. The Morgan fingerprint density at radius 3 is 2.88 bits per heavy atom. The molecule has 0 unspecified atom stereocenters. The van der Waals surface area contributed by atoms with Crippen LogP contribution in [0.5, 0.6) is 5.75 Å². The molecule has 0 heterocycles. The molecule has 0 N–H and O–H groups in total. The molecule has 1 rings (SSSR count). The Morgan fingerprint density at radius 1 is 1.56 bits per heavy atom. The van der Waals surface area contributed by atoms with Crippen molar-refractivity contribution in [2.24, 2.45) is 0 Å². The minimum Gasteiger partial charge on any atom is -0.482 e. The third-order valence-electron chi connectivity index (χ3n) is 1.72. The van der Waals surface area contributed by atoms with E-state index in [2.05, 4.69) is 4.74 Å². The summed E-state index contributed by atoms with van der Waals surface area (Å²) in [5.41, 5.74) is -0.0662. The van der Waals surface area contributed by atoms with Gasteiger partial charge in [0.15, 0.2) is 6.61 Å². The number of esters is 1. The van der Waals surface area contributed by atoms with Gasteiger partial charge in [-0.05, 0) is 19.1 Å². The van der Waals surface area contributed by atoms with Gasteiger partial charge in [0.2, 0.25) is 0 Å². The molecule has 0 aliphatic carbocycles. The van der Waals surface area contributed by atoms with Crippen molar-refractivity contribution in [3.05, 3.63) is 29.6 Å². The van der Waals surface area contributed by atoms with E-state index in [1.807, 2.05) is 0 Å². The summed E-state index contributed by atoms with van der Waals surface area (Å²) in [5.74, 6) is -1.01. The third kappa shape index (κ3) is 3.24. The summed E-state index contributed by atoms with van der Waals surface area (Å²) >= 11 is 0. The molecular weight excluding hydrogens is 213 g/mol. The van der Waals surface area contributed by atoms with Crippen LogP contribution in [0.25, 0.3) is 0 Å². The molecule has 1 aromatic carbocycles. The molecule has 0 aliphatic heterocycles. The van der Waals surface area contributed by atoms with Crippen LogP contribution in [0.15, 0.2) is 18.2 Å². The second kappa shape index (κ2) is 5.71. The van der Waals surface area contributed by atoms with Crippen molar-refractivity contribution in [2.45, 2.75) is 6.92 Å². The average Bonchev–Trinajstić information content (AvgIpc) is 2.27. The molecule has 0 saturated carbocycles.